The summed E-state index contributed by atoms with van der Waals surface area (Å²) in [5, 5.41) is 1.23. The van der Waals surface area contributed by atoms with Gasteiger partial charge in [0, 0.05) is 23.0 Å². The van der Waals surface area contributed by atoms with Gasteiger partial charge in [0.25, 0.3) is 0 Å². The zero-order valence-corrected chi connectivity index (χ0v) is 13.9. The van der Waals surface area contributed by atoms with Gasteiger partial charge in [-0.25, -0.2) is 0 Å². The molecule has 0 spiro atoms. The van der Waals surface area contributed by atoms with Crippen molar-refractivity contribution in [2.75, 3.05) is 0 Å². The average Bonchev–Trinajstić information content (AvgIpc) is 2.45. The number of rotatable bonds is 2. The van der Waals surface area contributed by atoms with E-state index in [1.807, 2.05) is 13.1 Å². The van der Waals surface area contributed by atoms with Crippen LogP contribution in [0.15, 0.2) is 36.5 Å². The Kier molecular flexibility index (Phi) is 3.69. The molecule has 0 atom stereocenters. The molecule has 0 radical (unpaired) electrons. The van der Waals surface area contributed by atoms with Crippen molar-refractivity contribution >= 4 is 10.9 Å². The Labute approximate surface area is 132 Å². The molecule has 0 amide bonds. The Hall–Kier alpha value is -2.22. The molecule has 0 unspecified atom stereocenters. The van der Waals surface area contributed by atoms with Crippen LogP contribution in [0.5, 0.6) is 0 Å². The molecule has 0 bridgehead atoms. The largest absolute Gasteiger partial charge is 0.262 e. The SMILES string of the molecule is Cc1ccc2c(-c3ccnc(C)c3)c(C(C)C)c(C)nc2c1. The average molecular weight is 290 g/mol. The van der Waals surface area contributed by atoms with E-state index in [4.69, 9.17) is 4.98 Å². The van der Waals surface area contributed by atoms with Gasteiger partial charge in [-0.3, -0.25) is 9.97 Å². The molecule has 2 heterocycles. The van der Waals surface area contributed by atoms with E-state index in [1.54, 1.807) is 0 Å². The zero-order valence-electron chi connectivity index (χ0n) is 13.9. The third-order valence-corrected chi connectivity index (χ3v) is 4.13. The van der Waals surface area contributed by atoms with Crippen LogP contribution in [0.1, 0.15) is 42.3 Å². The second-order valence-electron chi connectivity index (χ2n) is 6.35. The monoisotopic (exact) mass is 290 g/mol. The highest BCUT2D eigenvalue weighted by Gasteiger charge is 2.17. The van der Waals surface area contributed by atoms with Gasteiger partial charge in [0.05, 0.1) is 5.52 Å². The number of aryl methyl sites for hydroxylation is 3. The van der Waals surface area contributed by atoms with E-state index >= 15 is 0 Å². The van der Waals surface area contributed by atoms with E-state index in [1.165, 1.54) is 27.6 Å². The number of hydrogen-bond acceptors (Lipinski definition) is 2. The van der Waals surface area contributed by atoms with Gasteiger partial charge in [-0.2, -0.15) is 0 Å². The Bertz CT molecular complexity index is 848. The van der Waals surface area contributed by atoms with E-state index in [9.17, 15) is 0 Å². The molecule has 0 saturated heterocycles. The van der Waals surface area contributed by atoms with Crippen molar-refractivity contribution in [3.05, 3.63) is 59.0 Å². The van der Waals surface area contributed by atoms with Gasteiger partial charge in [-0.05, 0) is 67.1 Å². The van der Waals surface area contributed by atoms with Gasteiger partial charge in [0.2, 0.25) is 0 Å². The predicted molar refractivity (Wildman–Crippen MR) is 93.3 cm³/mol. The molecule has 2 aromatic heterocycles. The molecule has 2 nitrogen and oxygen atoms in total. The molecule has 22 heavy (non-hydrogen) atoms. The number of benzene rings is 1. The fraction of sp³-hybridized carbons (Fsp3) is 0.300. The Morgan fingerprint density at radius 2 is 1.73 bits per heavy atom. The molecule has 3 aromatic rings. The summed E-state index contributed by atoms with van der Waals surface area (Å²) < 4.78 is 0. The first-order chi connectivity index (χ1) is 10.5. The van der Waals surface area contributed by atoms with Crippen LogP contribution in [0.3, 0.4) is 0 Å². The van der Waals surface area contributed by atoms with Gasteiger partial charge in [-0.1, -0.05) is 26.0 Å². The number of hydrogen-bond donors (Lipinski definition) is 0. The number of nitrogens with zero attached hydrogens (tertiary/aromatic N) is 2. The molecule has 112 valence electrons. The van der Waals surface area contributed by atoms with Crippen molar-refractivity contribution in [1.29, 1.82) is 0 Å². The first-order valence-electron chi connectivity index (χ1n) is 7.81. The number of pyridine rings is 2. The van der Waals surface area contributed by atoms with E-state index in [0.29, 0.717) is 5.92 Å². The Morgan fingerprint density at radius 1 is 0.955 bits per heavy atom. The van der Waals surface area contributed by atoms with Crippen molar-refractivity contribution in [1.82, 2.24) is 9.97 Å². The van der Waals surface area contributed by atoms with Crippen molar-refractivity contribution in [2.24, 2.45) is 0 Å². The van der Waals surface area contributed by atoms with Crippen LogP contribution in [0.2, 0.25) is 0 Å². The highest BCUT2D eigenvalue weighted by atomic mass is 14.7. The van der Waals surface area contributed by atoms with Crippen molar-refractivity contribution in [2.45, 2.75) is 40.5 Å². The topological polar surface area (TPSA) is 25.8 Å². The quantitative estimate of drug-likeness (QED) is 0.636. The molecule has 0 N–H and O–H groups in total. The minimum atomic E-state index is 0.432. The molecular formula is C20H22N2. The van der Waals surface area contributed by atoms with Crippen LogP contribution in [0, 0.1) is 20.8 Å². The van der Waals surface area contributed by atoms with Crippen LogP contribution in [0.4, 0.5) is 0 Å². The molecule has 0 saturated carbocycles. The Morgan fingerprint density at radius 3 is 2.41 bits per heavy atom. The third kappa shape index (κ3) is 2.50. The molecule has 2 heteroatoms. The van der Waals surface area contributed by atoms with Gasteiger partial charge >= 0.3 is 0 Å². The lowest BCUT2D eigenvalue weighted by atomic mass is 9.88. The summed E-state index contributed by atoms with van der Waals surface area (Å²) in [5.41, 5.74) is 8.36. The van der Waals surface area contributed by atoms with E-state index in [0.717, 1.165) is 16.9 Å². The summed E-state index contributed by atoms with van der Waals surface area (Å²) in [6, 6.07) is 10.8. The summed E-state index contributed by atoms with van der Waals surface area (Å²) in [5.74, 6) is 0.432. The van der Waals surface area contributed by atoms with E-state index < -0.39 is 0 Å². The lowest BCUT2D eigenvalue weighted by molar-refractivity contribution is 0.850. The number of aromatic nitrogens is 2. The predicted octanol–water partition coefficient (Wildman–Crippen LogP) is 5.35. The van der Waals surface area contributed by atoms with Crippen LogP contribution >= 0.6 is 0 Å². The highest BCUT2D eigenvalue weighted by molar-refractivity contribution is 5.97. The van der Waals surface area contributed by atoms with Gasteiger partial charge in [-0.15, -0.1) is 0 Å². The van der Waals surface area contributed by atoms with Crippen LogP contribution in [-0.4, -0.2) is 9.97 Å². The maximum absolute atomic E-state index is 4.85. The fourth-order valence-electron chi connectivity index (χ4n) is 3.23. The van der Waals surface area contributed by atoms with Crippen molar-refractivity contribution < 1.29 is 0 Å². The van der Waals surface area contributed by atoms with Gasteiger partial charge < -0.3 is 0 Å². The minimum Gasteiger partial charge on any atom is -0.262 e. The number of fused-ring (bicyclic) bond motifs is 1. The highest BCUT2D eigenvalue weighted by Crippen LogP contribution is 2.37. The normalized spacial score (nSPS) is 11.4. The molecule has 0 fully saturated rings. The van der Waals surface area contributed by atoms with Crippen LogP contribution in [0.25, 0.3) is 22.0 Å². The fourth-order valence-corrected chi connectivity index (χ4v) is 3.23. The van der Waals surface area contributed by atoms with Crippen molar-refractivity contribution in [3.8, 4) is 11.1 Å². The van der Waals surface area contributed by atoms with Gasteiger partial charge in [0.15, 0.2) is 0 Å². The second kappa shape index (κ2) is 5.53. The summed E-state index contributed by atoms with van der Waals surface area (Å²) >= 11 is 0. The van der Waals surface area contributed by atoms with Crippen molar-refractivity contribution in [3.63, 3.8) is 0 Å². The molecule has 0 aliphatic rings. The maximum atomic E-state index is 4.85. The molecule has 1 aromatic carbocycles. The summed E-state index contributed by atoms with van der Waals surface area (Å²) in [7, 11) is 0. The second-order valence-corrected chi connectivity index (χ2v) is 6.35. The van der Waals surface area contributed by atoms with Gasteiger partial charge in [0.1, 0.15) is 0 Å². The molecule has 0 aliphatic heterocycles. The molecular weight excluding hydrogens is 268 g/mol. The first-order valence-corrected chi connectivity index (χ1v) is 7.81. The first kappa shape index (κ1) is 14.7. The third-order valence-electron chi connectivity index (χ3n) is 4.13. The smallest absolute Gasteiger partial charge is 0.0714 e. The summed E-state index contributed by atoms with van der Waals surface area (Å²) in [4.78, 5) is 9.19. The summed E-state index contributed by atoms with van der Waals surface area (Å²) in [6.45, 7) is 10.7. The Balaban J connectivity index is 2.45. The van der Waals surface area contributed by atoms with E-state index in [-0.39, 0.29) is 0 Å². The standard InChI is InChI=1S/C20H22N2/c1-12(2)19-15(5)22-18-10-13(3)6-7-17(18)20(19)16-8-9-21-14(4)11-16/h6-12H,1-5H3. The molecule has 0 aliphatic carbocycles. The zero-order chi connectivity index (χ0) is 15.9. The summed E-state index contributed by atoms with van der Waals surface area (Å²) in [6.07, 6.45) is 1.89. The minimum absolute atomic E-state index is 0.432. The van der Waals surface area contributed by atoms with Crippen LogP contribution in [-0.2, 0) is 0 Å². The maximum Gasteiger partial charge on any atom is 0.0714 e. The lowest BCUT2D eigenvalue weighted by Gasteiger charge is -2.19. The van der Waals surface area contributed by atoms with Crippen LogP contribution < -0.4 is 0 Å². The van der Waals surface area contributed by atoms with E-state index in [2.05, 4.69) is 63.0 Å². The lowest BCUT2D eigenvalue weighted by Crippen LogP contribution is -2.01. The molecule has 3 rings (SSSR count).